The van der Waals surface area contributed by atoms with Crippen LogP contribution in [0.1, 0.15) is 25.1 Å². The zero-order valence-corrected chi connectivity index (χ0v) is 10.8. The Hall–Kier alpha value is -1.60. The van der Waals surface area contributed by atoms with Crippen molar-refractivity contribution >= 4 is 22.6 Å². The molecule has 2 aromatic rings. The smallest absolute Gasteiger partial charge is 0.159 e. The van der Waals surface area contributed by atoms with Crippen molar-refractivity contribution < 1.29 is 0 Å². The highest BCUT2D eigenvalue weighted by Crippen LogP contribution is 2.28. The molecule has 2 heterocycles. The second-order valence-corrected chi connectivity index (χ2v) is 4.84. The molecule has 0 unspecified atom stereocenters. The molecule has 0 aliphatic carbocycles. The second kappa shape index (κ2) is 4.34. The summed E-state index contributed by atoms with van der Waals surface area (Å²) in [5.41, 5.74) is 1.96. The molecule has 2 aromatic heterocycles. The minimum absolute atomic E-state index is 0.395. The minimum atomic E-state index is 0.395. The highest BCUT2D eigenvalue weighted by atomic mass is 35.5. The molecule has 4 nitrogen and oxygen atoms in total. The van der Waals surface area contributed by atoms with E-state index in [1.165, 1.54) is 6.20 Å². The number of aryl methyl sites for hydroxylation is 1. The Morgan fingerprint density at radius 2 is 2.24 bits per heavy atom. The van der Waals surface area contributed by atoms with Crippen molar-refractivity contribution in [2.75, 3.05) is 0 Å². The quantitative estimate of drug-likeness (QED) is 0.821. The SMILES string of the molecule is Cc1nn(CC(C)C)c2ncc(C#N)c(Cl)c12. The van der Waals surface area contributed by atoms with Crippen molar-refractivity contribution in [1.29, 1.82) is 5.26 Å². The third-order valence-corrected chi connectivity index (χ3v) is 2.92. The monoisotopic (exact) mass is 248 g/mol. The van der Waals surface area contributed by atoms with Crippen LogP contribution in [0, 0.1) is 24.2 Å². The van der Waals surface area contributed by atoms with Gasteiger partial charge in [-0.05, 0) is 12.8 Å². The summed E-state index contributed by atoms with van der Waals surface area (Å²) in [4.78, 5) is 4.28. The van der Waals surface area contributed by atoms with Crippen LogP contribution in [0.15, 0.2) is 6.20 Å². The highest BCUT2D eigenvalue weighted by Gasteiger charge is 2.15. The van der Waals surface area contributed by atoms with Gasteiger partial charge in [0.15, 0.2) is 5.65 Å². The molecule has 17 heavy (non-hydrogen) atoms. The Bertz CT molecular complexity index is 607. The fourth-order valence-electron chi connectivity index (χ4n) is 1.83. The maximum absolute atomic E-state index is 8.92. The summed E-state index contributed by atoms with van der Waals surface area (Å²) in [7, 11) is 0. The van der Waals surface area contributed by atoms with E-state index in [1.54, 1.807) is 0 Å². The second-order valence-electron chi connectivity index (χ2n) is 4.46. The Kier molecular flexibility index (Phi) is 3.03. The van der Waals surface area contributed by atoms with Crippen LogP contribution in [0.3, 0.4) is 0 Å². The van der Waals surface area contributed by atoms with Crippen LogP contribution in [0.5, 0.6) is 0 Å². The third kappa shape index (κ3) is 1.98. The number of fused-ring (bicyclic) bond motifs is 1. The van der Waals surface area contributed by atoms with Crippen LogP contribution in [-0.4, -0.2) is 14.8 Å². The number of halogens is 1. The normalized spacial score (nSPS) is 11.1. The molecule has 0 aromatic carbocycles. The molecule has 5 heteroatoms. The van der Waals surface area contributed by atoms with Gasteiger partial charge in [-0.2, -0.15) is 10.4 Å². The lowest BCUT2D eigenvalue weighted by Crippen LogP contribution is -2.06. The molecule has 0 saturated heterocycles. The van der Waals surface area contributed by atoms with E-state index in [0.717, 1.165) is 23.3 Å². The van der Waals surface area contributed by atoms with Crippen LogP contribution in [0.4, 0.5) is 0 Å². The summed E-state index contributed by atoms with van der Waals surface area (Å²) >= 11 is 6.18. The van der Waals surface area contributed by atoms with Gasteiger partial charge in [-0.25, -0.2) is 9.67 Å². The summed E-state index contributed by atoms with van der Waals surface area (Å²) in [6.07, 6.45) is 1.50. The first-order valence-electron chi connectivity index (χ1n) is 5.46. The fraction of sp³-hybridized carbons (Fsp3) is 0.417. The van der Waals surface area contributed by atoms with Crippen LogP contribution in [-0.2, 0) is 6.54 Å². The lowest BCUT2D eigenvalue weighted by atomic mass is 10.2. The fourth-order valence-corrected chi connectivity index (χ4v) is 2.14. The summed E-state index contributed by atoms with van der Waals surface area (Å²) in [5.74, 6) is 0.480. The van der Waals surface area contributed by atoms with Gasteiger partial charge < -0.3 is 0 Å². The maximum atomic E-state index is 8.92. The van der Waals surface area contributed by atoms with Gasteiger partial charge in [0.25, 0.3) is 0 Å². The van der Waals surface area contributed by atoms with Crippen molar-refractivity contribution in [2.24, 2.45) is 5.92 Å². The van der Waals surface area contributed by atoms with Crippen LogP contribution in [0.2, 0.25) is 5.02 Å². The van der Waals surface area contributed by atoms with Crippen LogP contribution < -0.4 is 0 Å². The molecule has 0 spiro atoms. The average Bonchev–Trinajstić information content (AvgIpc) is 2.56. The molecule has 0 atom stereocenters. The molecule has 2 rings (SSSR count). The summed E-state index contributed by atoms with van der Waals surface area (Å²) in [6.45, 7) is 6.91. The van der Waals surface area contributed by atoms with Gasteiger partial charge in [-0.15, -0.1) is 0 Å². The summed E-state index contributed by atoms with van der Waals surface area (Å²) < 4.78 is 1.85. The zero-order valence-electron chi connectivity index (χ0n) is 10.0. The molecule has 0 bridgehead atoms. The van der Waals surface area contributed by atoms with Crippen molar-refractivity contribution in [3.8, 4) is 6.07 Å². The van der Waals surface area contributed by atoms with Gasteiger partial charge in [0.05, 0.1) is 21.7 Å². The van der Waals surface area contributed by atoms with E-state index in [2.05, 4.69) is 23.9 Å². The molecule has 0 aliphatic heterocycles. The van der Waals surface area contributed by atoms with Crippen molar-refractivity contribution in [1.82, 2.24) is 14.8 Å². The zero-order chi connectivity index (χ0) is 12.6. The number of rotatable bonds is 2. The first kappa shape index (κ1) is 11.9. The molecule has 0 aliphatic rings. The molecular formula is C12H13ClN4. The lowest BCUT2D eigenvalue weighted by Gasteiger charge is -2.05. The largest absolute Gasteiger partial charge is 0.247 e. The lowest BCUT2D eigenvalue weighted by molar-refractivity contribution is 0.490. The number of pyridine rings is 1. The predicted molar refractivity (Wildman–Crippen MR) is 66.8 cm³/mol. The van der Waals surface area contributed by atoms with Gasteiger partial charge in [0.2, 0.25) is 0 Å². The molecular weight excluding hydrogens is 236 g/mol. The topological polar surface area (TPSA) is 54.5 Å². The molecule has 0 saturated carbocycles. The Morgan fingerprint density at radius 1 is 1.53 bits per heavy atom. The summed E-state index contributed by atoms with van der Waals surface area (Å²) in [5, 5.41) is 14.6. The molecule has 0 N–H and O–H groups in total. The standard InChI is InChI=1S/C12H13ClN4/c1-7(2)6-17-12-10(8(3)16-17)11(13)9(4-14)5-15-12/h5,7H,6H2,1-3H3. The minimum Gasteiger partial charge on any atom is -0.247 e. The number of aromatic nitrogens is 3. The van der Waals surface area contributed by atoms with E-state index >= 15 is 0 Å². The van der Waals surface area contributed by atoms with E-state index in [4.69, 9.17) is 16.9 Å². The Labute approximate surface area is 105 Å². The van der Waals surface area contributed by atoms with Gasteiger partial charge >= 0.3 is 0 Å². The maximum Gasteiger partial charge on any atom is 0.159 e. The van der Waals surface area contributed by atoms with E-state index in [1.807, 2.05) is 17.7 Å². The van der Waals surface area contributed by atoms with E-state index in [0.29, 0.717) is 16.5 Å². The van der Waals surface area contributed by atoms with E-state index in [9.17, 15) is 0 Å². The number of hydrogen-bond acceptors (Lipinski definition) is 3. The first-order valence-corrected chi connectivity index (χ1v) is 5.84. The predicted octanol–water partition coefficient (Wildman–Crippen LogP) is 2.92. The van der Waals surface area contributed by atoms with E-state index in [-0.39, 0.29) is 0 Å². The molecule has 0 amide bonds. The van der Waals surface area contributed by atoms with Crippen molar-refractivity contribution in [3.05, 3.63) is 22.5 Å². The Morgan fingerprint density at radius 3 is 2.82 bits per heavy atom. The van der Waals surface area contributed by atoms with Crippen LogP contribution >= 0.6 is 11.6 Å². The average molecular weight is 249 g/mol. The van der Waals surface area contributed by atoms with Crippen LogP contribution in [0.25, 0.3) is 11.0 Å². The Balaban J connectivity index is 2.70. The van der Waals surface area contributed by atoms with Gasteiger partial charge in [0.1, 0.15) is 6.07 Å². The third-order valence-electron chi connectivity index (χ3n) is 2.53. The number of nitrogens with zero attached hydrogens (tertiary/aromatic N) is 4. The van der Waals surface area contributed by atoms with E-state index < -0.39 is 0 Å². The van der Waals surface area contributed by atoms with Gasteiger partial charge in [0, 0.05) is 12.7 Å². The first-order chi connectivity index (χ1) is 8.04. The summed E-state index contributed by atoms with van der Waals surface area (Å²) in [6, 6.07) is 2.03. The highest BCUT2D eigenvalue weighted by molar-refractivity contribution is 6.36. The van der Waals surface area contributed by atoms with Gasteiger partial charge in [-0.3, -0.25) is 0 Å². The van der Waals surface area contributed by atoms with Crippen molar-refractivity contribution in [3.63, 3.8) is 0 Å². The number of nitriles is 1. The number of hydrogen-bond donors (Lipinski definition) is 0. The van der Waals surface area contributed by atoms with Crippen molar-refractivity contribution in [2.45, 2.75) is 27.3 Å². The molecule has 0 radical (unpaired) electrons. The molecule has 0 fully saturated rings. The molecule has 88 valence electrons. The van der Waals surface area contributed by atoms with Gasteiger partial charge in [-0.1, -0.05) is 25.4 Å².